The highest BCUT2D eigenvalue weighted by atomic mass is 32.1. The highest BCUT2D eigenvalue weighted by Gasteiger charge is 2.22. The van der Waals surface area contributed by atoms with Crippen molar-refractivity contribution >= 4 is 24.8 Å². The first-order chi connectivity index (χ1) is 16.9. The van der Waals surface area contributed by atoms with Gasteiger partial charge in [-0.05, 0) is 62.6 Å². The van der Waals surface area contributed by atoms with E-state index in [4.69, 9.17) is 21.7 Å². The summed E-state index contributed by atoms with van der Waals surface area (Å²) in [5.74, 6) is 0.0282. The first kappa shape index (κ1) is 30.7. The molecule has 0 saturated heterocycles. The van der Waals surface area contributed by atoms with Gasteiger partial charge in [-0.25, -0.2) is 4.79 Å². The van der Waals surface area contributed by atoms with Gasteiger partial charge in [0.2, 0.25) is 5.88 Å². The van der Waals surface area contributed by atoms with Crippen LogP contribution < -0.4 is 5.69 Å². The Morgan fingerprint density at radius 3 is 2.00 bits per heavy atom. The molecule has 0 bridgehead atoms. The van der Waals surface area contributed by atoms with Crippen LogP contribution in [-0.2, 0) is 35.7 Å². The largest absolute Gasteiger partial charge is 0.493 e. The molecule has 1 N–H and O–H groups in total. The molecule has 206 valence electrons. The minimum atomic E-state index is -0.159. The van der Waals surface area contributed by atoms with Crippen molar-refractivity contribution in [1.82, 2.24) is 18.3 Å². The van der Waals surface area contributed by atoms with Gasteiger partial charge in [0.25, 0.3) is 0 Å². The normalized spacial score (nSPS) is 12.5. The summed E-state index contributed by atoms with van der Waals surface area (Å²) >= 11 is 10.1. The second-order valence-electron chi connectivity index (χ2n) is 11.0. The van der Waals surface area contributed by atoms with Crippen LogP contribution in [0.2, 0.25) is 0 Å². The van der Waals surface area contributed by atoms with Crippen LogP contribution in [0.15, 0.2) is 22.2 Å². The molecule has 0 saturated carbocycles. The summed E-state index contributed by atoms with van der Waals surface area (Å²) in [6, 6.07) is 0. The molecule has 0 aromatic carbocycles. The maximum Gasteiger partial charge on any atom is 0.331 e. The molecule has 0 fully saturated rings. The molecule has 2 aromatic heterocycles. The predicted octanol–water partition coefficient (Wildman–Crippen LogP) is 5.36. The van der Waals surface area contributed by atoms with E-state index in [9.17, 15) is 9.90 Å². The van der Waals surface area contributed by atoms with Crippen LogP contribution in [0.4, 0.5) is 0 Å². The average molecular weight is 543 g/mol. The maximum atomic E-state index is 12.3. The lowest BCUT2D eigenvalue weighted by molar-refractivity contribution is 0.0635. The Balaban J connectivity index is 1.58. The SMILES string of the molecule is CCn1cc(O)n(CC(C)(C)CCCOCCCOCCC(C)(C)Cn2c(S)cn(CC)c2=S)c1=O. The third kappa shape index (κ3) is 9.11. The second-order valence-corrected chi connectivity index (χ2v) is 11.9. The van der Waals surface area contributed by atoms with E-state index in [0.717, 1.165) is 48.6 Å². The van der Waals surface area contributed by atoms with Gasteiger partial charge in [-0.3, -0.25) is 9.13 Å². The predicted molar refractivity (Wildman–Crippen MR) is 150 cm³/mol. The van der Waals surface area contributed by atoms with Crippen molar-refractivity contribution in [1.29, 1.82) is 0 Å². The number of aromatic nitrogens is 4. The first-order valence-corrected chi connectivity index (χ1v) is 13.9. The van der Waals surface area contributed by atoms with Crippen molar-refractivity contribution in [3.05, 3.63) is 27.6 Å². The van der Waals surface area contributed by atoms with E-state index >= 15 is 0 Å². The van der Waals surface area contributed by atoms with E-state index in [1.807, 2.05) is 17.7 Å². The molecule has 0 aliphatic rings. The molecule has 36 heavy (non-hydrogen) atoms. The summed E-state index contributed by atoms with van der Waals surface area (Å²) in [5, 5.41) is 11.0. The fraction of sp³-hybridized carbons (Fsp3) is 0.769. The molecule has 2 rings (SSSR count). The summed E-state index contributed by atoms with van der Waals surface area (Å²) < 4.78 is 19.6. The van der Waals surface area contributed by atoms with Crippen LogP contribution in [0.25, 0.3) is 0 Å². The van der Waals surface area contributed by atoms with E-state index in [1.165, 1.54) is 15.3 Å². The van der Waals surface area contributed by atoms with Gasteiger partial charge in [0.1, 0.15) is 0 Å². The van der Waals surface area contributed by atoms with Crippen molar-refractivity contribution < 1.29 is 14.6 Å². The lowest BCUT2D eigenvalue weighted by atomic mass is 9.88. The number of hydrogen-bond donors (Lipinski definition) is 2. The highest BCUT2D eigenvalue weighted by molar-refractivity contribution is 7.80. The molecule has 0 spiro atoms. The molecule has 2 heterocycles. The lowest BCUT2D eigenvalue weighted by Crippen LogP contribution is -2.30. The molecule has 2 aromatic rings. The van der Waals surface area contributed by atoms with Gasteiger partial charge in [-0.1, -0.05) is 27.7 Å². The van der Waals surface area contributed by atoms with Gasteiger partial charge in [0.05, 0.1) is 11.2 Å². The highest BCUT2D eigenvalue weighted by Crippen LogP contribution is 2.27. The number of rotatable bonds is 17. The summed E-state index contributed by atoms with van der Waals surface area (Å²) in [4.78, 5) is 12.3. The fourth-order valence-corrected chi connectivity index (χ4v) is 4.98. The Morgan fingerprint density at radius 1 is 0.861 bits per heavy atom. The van der Waals surface area contributed by atoms with E-state index in [1.54, 1.807) is 0 Å². The van der Waals surface area contributed by atoms with Gasteiger partial charge in [0, 0.05) is 58.8 Å². The Hall–Kier alpha value is -1.49. The number of aryl methyl sites for hydroxylation is 2. The molecule has 0 amide bonds. The van der Waals surface area contributed by atoms with Crippen LogP contribution in [0.5, 0.6) is 5.88 Å². The molecule has 0 aliphatic heterocycles. The van der Waals surface area contributed by atoms with Crippen LogP contribution in [-0.4, -0.2) is 49.8 Å². The van der Waals surface area contributed by atoms with Gasteiger partial charge >= 0.3 is 5.69 Å². The zero-order valence-electron chi connectivity index (χ0n) is 23.0. The number of thiol groups is 1. The van der Waals surface area contributed by atoms with Gasteiger partial charge in [-0.15, -0.1) is 12.6 Å². The van der Waals surface area contributed by atoms with Crippen molar-refractivity contribution in [3.63, 3.8) is 0 Å². The van der Waals surface area contributed by atoms with Crippen molar-refractivity contribution in [2.75, 3.05) is 26.4 Å². The number of aromatic hydroxyl groups is 1. The van der Waals surface area contributed by atoms with Crippen LogP contribution >= 0.6 is 24.8 Å². The summed E-state index contributed by atoms with van der Waals surface area (Å²) in [5.41, 5.74) is -0.217. The van der Waals surface area contributed by atoms with E-state index in [2.05, 4.69) is 51.8 Å². The van der Waals surface area contributed by atoms with Gasteiger partial charge in [-0.2, -0.15) is 0 Å². The second kappa shape index (κ2) is 13.9. The Bertz CT molecular complexity index is 981. The van der Waals surface area contributed by atoms with Gasteiger partial charge in [0.15, 0.2) is 4.77 Å². The van der Waals surface area contributed by atoms with Crippen molar-refractivity contribution in [2.24, 2.45) is 10.8 Å². The smallest absolute Gasteiger partial charge is 0.331 e. The quantitative estimate of drug-likeness (QED) is 0.160. The van der Waals surface area contributed by atoms with Crippen molar-refractivity contribution in [3.8, 4) is 5.88 Å². The summed E-state index contributed by atoms with van der Waals surface area (Å²) in [6.07, 6.45) is 7.11. The maximum absolute atomic E-state index is 12.3. The Kier molecular flexibility index (Phi) is 11.9. The lowest BCUT2D eigenvalue weighted by Gasteiger charge is -2.25. The van der Waals surface area contributed by atoms with E-state index in [-0.39, 0.29) is 22.4 Å². The van der Waals surface area contributed by atoms with E-state index < -0.39 is 0 Å². The molecule has 0 unspecified atom stereocenters. The number of hydrogen-bond acceptors (Lipinski definition) is 6. The standard InChI is InChI=1S/C26H46N4O4S2/c1-7-27-17-21(31)29(23(27)32)19-25(3,4)11-9-13-33-14-10-15-34-16-12-26(5,6)20-30-22(35)18-28(8-2)24(30)36/h17-18,31,35H,7-16,19-20H2,1-6H3. The summed E-state index contributed by atoms with van der Waals surface area (Å²) in [6.45, 7) is 18.1. The molecular weight excluding hydrogens is 496 g/mol. The topological polar surface area (TPSA) is 75.5 Å². The third-order valence-corrected chi connectivity index (χ3v) is 7.36. The Morgan fingerprint density at radius 2 is 1.42 bits per heavy atom. The number of nitrogens with zero attached hydrogens (tertiary/aromatic N) is 4. The molecule has 0 aliphatic carbocycles. The first-order valence-electron chi connectivity index (χ1n) is 13.0. The van der Waals surface area contributed by atoms with Crippen LogP contribution in [0, 0.1) is 15.6 Å². The monoisotopic (exact) mass is 542 g/mol. The van der Waals surface area contributed by atoms with E-state index in [0.29, 0.717) is 39.5 Å². The minimum Gasteiger partial charge on any atom is -0.493 e. The summed E-state index contributed by atoms with van der Waals surface area (Å²) in [7, 11) is 0. The third-order valence-electron chi connectivity index (χ3n) is 6.55. The number of imidazole rings is 2. The Labute approximate surface area is 226 Å². The molecular formula is C26H46N4O4S2. The minimum absolute atomic E-state index is 0.0282. The molecule has 0 atom stereocenters. The zero-order valence-corrected chi connectivity index (χ0v) is 24.7. The fourth-order valence-electron chi connectivity index (χ4n) is 4.27. The van der Waals surface area contributed by atoms with Crippen molar-refractivity contribution in [2.45, 2.75) is 98.4 Å². The zero-order chi connectivity index (χ0) is 26.9. The van der Waals surface area contributed by atoms with Crippen LogP contribution in [0.1, 0.15) is 67.2 Å². The van der Waals surface area contributed by atoms with Gasteiger partial charge < -0.3 is 23.7 Å². The average Bonchev–Trinajstić information content (AvgIpc) is 3.23. The molecule has 0 radical (unpaired) electrons. The van der Waals surface area contributed by atoms with Crippen LogP contribution in [0.3, 0.4) is 0 Å². The molecule has 10 heteroatoms. The number of ether oxygens (including phenoxy) is 2. The molecule has 8 nitrogen and oxygen atoms in total.